The Morgan fingerprint density at radius 1 is 1.09 bits per heavy atom. The van der Waals surface area contributed by atoms with Gasteiger partial charge in [-0.05, 0) is 43.2 Å². The van der Waals surface area contributed by atoms with Gasteiger partial charge in [0, 0.05) is 35.0 Å². The Labute approximate surface area is 191 Å². The number of rotatable bonds is 8. The lowest BCUT2D eigenvalue weighted by Gasteiger charge is -2.24. The van der Waals surface area contributed by atoms with Crippen molar-refractivity contribution in [3.05, 3.63) is 77.7 Å². The van der Waals surface area contributed by atoms with Gasteiger partial charge in [-0.15, -0.1) is 0 Å². The van der Waals surface area contributed by atoms with E-state index in [1.807, 2.05) is 60.7 Å². The topological polar surface area (TPSA) is 71.3 Å². The average molecular weight is 447 g/mol. The van der Waals surface area contributed by atoms with E-state index in [-0.39, 0.29) is 5.91 Å². The number of nitrogens with one attached hydrogen (secondary N) is 1. The Bertz CT molecular complexity index is 1220. The number of amides is 1. The van der Waals surface area contributed by atoms with Gasteiger partial charge >= 0.3 is 0 Å². The van der Waals surface area contributed by atoms with Crippen LogP contribution in [0, 0.1) is 0 Å². The molecular formula is C25H23ClN4O2. The Hall–Kier alpha value is -3.38. The molecule has 1 amide bonds. The quantitative estimate of drug-likeness (QED) is 0.402. The molecule has 162 valence electrons. The molecule has 0 atom stereocenters. The third-order valence-corrected chi connectivity index (χ3v) is 5.68. The van der Waals surface area contributed by atoms with Gasteiger partial charge in [0.1, 0.15) is 11.6 Å². The highest BCUT2D eigenvalue weighted by atomic mass is 35.5. The van der Waals surface area contributed by atoms with E-state index >= 15 is 0 Å². The molecule has 1 aliphatic rings. The van der Waals surface area contributed by atoms with Crippen LogP contribution in [0.15, 0.2) is 71.3 Å². The largest absolute Gasteiger partial charge is 0.467 e. The van der Waals surface area contributed by atoms with Gasteiger partial charge in [0.05, 0.1) is 18.3 Å². The molecule has 1 saturated carbocycles. The minimum Gasteiger partial charge on any atom is -0.467 e. The summed E-state index contributed by atoms with van der Waals surface area (Å²) in [5.41, 5.74) is 1.67. The summed E-state index contributed by atoms with van der Waals surface area (Å²) in [6.07, 6.45) is 4.16. The summed E-state index contributed by atoms with van der Waals surface area (Å²) in [7, 11) is 0. The molecule has 2 aromatic carbocycles. The summed E-state index contributed by atoms with van der Waals surface area (Å²) in [5, 5.41) is 4.55. The zero-order valence-electron chi connectivity index (χ0n) is 17.5. The van der Waals surface area contributed by atoms with Gasteiger partial charge < -0.3 is 14.6 Å². The highest BCUT2D eigenvalue weighted by Gasteiger charge is 2.24. The molecule has 0 saturated heterocycles. The number of benzene rings is 2. The second kappa shape index (κ2) is 9.01. The van der Waals surface area contributed by atoms with Gasteiger partial charge in [-0.25, -0.2) is 9.97 Å². The molecule has 2 aromatic heterocycles. The first-order valence-electron chi connectivity index (χ1n) is 10.7. The number of halogens is 1. The predicted molar refractivity (Wildman–Crippen MR) is 126 cm³/mol. The van der Waals surface area contributed by atoms with Gasteiger partial charge in [0.25, 0.3) is 0 Å². The van der Waals surface area contributed by atoms with E-state index in [1.54, 1.807) is 6.26 Å². The molecule has 32 heavy (non-hydrogen) atoms. The maximum absolute atomic E-state index is 12.4. The molecule has 2 heterocycles. The number of nitrogens with zero attached hydrogens (tertiary/aromatic N) is 3. The van der Waals surface area contributed by atoms with Crippen molar-refractivity contribution in [3.63, 3.8) is 0 Å². The molecule has 4 aromatic rings. The van der Waals surface area contributed by atoms with E-state index in [4.69, 9.17) is 26.0 Å². The second-order valence-corrected chi connectivity index (χ2v) is 8.43. The molecule has 0 bridgehead atoms. The number of aromatic nitrogens is 2. The van der Waals surface area contributed by atoms with Crippen LogP contribution in [0.4, 0.5) is 5.82 Å². The molecular weight excluding hydrogens is 424 g/mol. The number of furan rings is 1. The van der Waals surface area contributed by atoms with Crippen molar-refractivity contribution in [2.24, 2.45) is 0 Å². The van der Waals surface area contributed by atoms with E-state index < -0.39 is 0 Å². The Morgan fingerprint density at radius 3 is 2.69 bits per heavy atom. The fourth-order valence-corrected chi connectivity index (χ4v) is 3.82. The Morgan fingerprint density at radius 2 is 1.94 bits per heavy atom. The van der Waals surface area contributed by atoms with E-state index in [1.165, 1.54) is 0 Å². The standard InChI is InChI=1S/C25H23ClN4O2/c26-18-8-11-21-22(15-18)28-24(17-5-2-1-3-6-17)29-25(21)30(16-20-7-4-14-32-20)13-12-23(31)27-19-9-10-19/h1-8,11,14-15,19H,9-10,12-13,16H2,(H,27,31). The summed E-state index contributed by atoms with van der Waals surface area (Å²) in [5.74, 6) is 2.22. The molecule has 0 spiro atoms. The number of anilines is 1. The first-order valence-corrected chi connectivity index (χ1v) is 11.1. The van der Waals surface area contributed by atoms with Crippen LogP contribution in [-0.4, -0.2) is 28.5 Å². The van der Waals surface area contributed by atoms with Crippen LogP contribution >= 0.6 is 11.6 Å². The van der Waals surface area contributed by atoms with E-state index in [9.17, 15) is 4.79 Å². The predicted octanol–water partition coefficient (Wildman–Crippen LogP) is 5.22. The lowest BCUT2D eigenvalue weighted by Crippen LogP contribution is -2.32. The van der Waals surface area contributed by atoms with Crippen LogP contribution in [0.25, 0.3) is 22.3 Å². The summed E-state index contributed by atoms with van der Waals surface area (Å²) in [6.45, 7) is 0.995. The number of carbonyl (C=O) groups excluding carboxylic acids is 1. The molecule has 0 aliphatic heterocycles. The van der Waals surface area contributed by atoms with Gasteiger partial charge in [0.15, 0.2) is 5.82 Å². The van der Waals surface area contributed by atoms with Crippen LogP contribution < -0.4 is 10.2 Å². The van der Waals surface area contributed by atoms with Gasteiger partial charge in [0.2, 0.25) is 5.91 Å². The van der Waals surface area contributed by atoms with Gasteiger partial charge in [-0.3, -0.25) is 4.79 Å². The fourth-order valence-electron chi connectivity index (χ4n) is 3.66. The SMILES string of the molecule is O=C(CCN(Cc1ccco1)c1nc(-c2ccccc2)nc2cc(Cl)ccc12)NC1CC1. The molecule has 1 fully saturated rings. The van der Waals surface area contributed by atoms with Crippen LogP contribution in [0.5, 0.6) is 0 Å². The smallest absolute Gasteiger partial charge is 0.221 e. The van der Waals surface area contributed by atoms with Crippen molar-refractivity contribution in [1.29, 1.82) is 0 Å². The summed E-state index contributed by atoms with van der Waals surface area (Å²) in [4.78, 5) is 24.2. The zero-order chi connectivity index (χ0) is 21.9. The van der Waals surface area contributed by atoms with Crippen molar-refractivity contribution in [2.75, 3.05) is 11.4 Å². The highest BCUT2D eigenvalue weighted by Crippen LogP contribution is 2.30. The van der Waals surface area contributed by atoms with Crippen LogP contribution in [-0.2, 0) is 11.3 Å². The molecule has 0 unspecified atom stereocenters. The molecule has 1 N–H and O–H groups in total. The maximum Gasteiger partial charge on any atom is 0.221 e. The van der Waals surface area contributed by atoms with Crippen molar-refractivity contribution in [2.45, 2.75) is 31.8 Å². The lowest BCUT2D eigenvalue weighted by atomic mass is 10.1. The number of hydrogen-bond donors (Lipinski definition) is 1. The summed E-state index contributed by atoms with van der Waals surface area (Å²) in [6, 6.07) is 19.6. The van der Waals surface area contributed by atoms with Crippen LogP contribution in [0.2, 0.25) is 5.02 Å². The molecule has 0 radical (unpaired) electrons. The van der Waals surface area contributed by atoms with Gasteiger partial charge in [-0.2, -0.15) is 0 Å². The molecule has 6 nitrogen and oxygen atoms in total. The molecule has 5 rings (SSSR count). The minimum absolute atomic E-state index is 0.0571. The van der Waals surface area contributed by atoms with E-state index in [2.05, 4.69) is 10.2 Å². The van der Waals surface area contributed by atoms with Crippen molar-refractivity contribution < 1.29 is 9.21 Å². The molecule has 7 heteroatoms. The Kier molecular flexibility index (Phi) is 5.77. The first kappa shape index (κ1) is 20.5. The van der Waals surface area contributed by atoms with Gasteiger partial charge in [-0.1, -0.05) is 41.9 Å². The fraction of sp³-hybridized carbons (Fsp3) is 0.240. The highest BCUT2D eigenvalue weighted by molar-refractivity contribution is 6.31. The van der Waals surface area contributed by atoms with E-state index in [0.717, 1.165) is 40.9 Å². The lowest BCUT2D eigenvalue weighted by molar-refractivity contribution is -0.121. The van der Waals surface area contributed by atoms with Crippen LogP contribution in [0.1, 0.15) is 25.0 Å². The van der Waals surface area contributed by atoms with Crippen molar-refractivity contribution in [1.82, 2.24) is 15.3 Å². The van der Waals surface area contributed by atoms with E-state index in [0.29, 0.717) is 36.4 Å². The maximum atomic E-state index is 12.4. The summed E-state index contributed by atoms with van der Waals surface area (Å²) >= 11 is 6.28. The monoisotopic (exact) mass is 446 g/mol. The van der Waals surface area contributed by atoms with Crippen molar-refractivity contribution >= 4 is 34.2 Å². The first-order chi connectivity index (χ1) is 15.7. The number of hydrogen-bond acceptors (Lipinski definition) is 5. The minimum atomic E-state index is 0.0571. The second-order valence-electron chi connectivity index (χ2n) is 7.99. The zero-order valence-corrected chi connectivity index (χ0v) is 18.3. The number of fused-ring (bicyclic) bond motifs is 1. The van der Waals surface area contributed by atoms with Crippen molar-refractivity contribution in [3.8, 4) is 11.4 Å². The third kappa shape index (κ3) is 4.75. The Balaban J connectivity index is 1.55. The van der Waals surface area contributed by atoms with Crippen LogP contribution in [0.3, 0.4) is 0 Å². The normalized spacial score (nSPS) is 13.3. The molecule has 1 aliphatic carbocycles. The number of carbonyl (C=O) groups is 1. The average Bonchev–Trinajstić information content (AvgIpc) is 3.47. The summed E-state index contributed by atoms with van der Waals surface area (Å²) < 4.78 is 5.61. The third-order valence-electron chi connectivity index (χ3n) is 5.45.